The standard InChI is InChI=1S/C14H21N3O/c1-16(10-14(18)17(2)12-7-8-12)13-6-4-3-5-11(13)9-15/h3-6,12H,7-10,15H2,1-2H3. The van der Waals surface area contributed by atoms with E-state index in [9.17, 15) is 4.79 Å². The molecule has 0 unspecified atom stereocenters. The van der Waals surface area contributed by atoms with Gasteiger partial charge in [-0.2, -0.15) is 0 Å². The van der Waals surface area contributed by atoms with Crippen molar-refractivity contribution in [2.24, 2.45) is 5.73 Å². The fraction of sp³-hybridized carbons (Fsp3) is 0.500. The predicted molar refractivity (Wildman–Crippen MR) is 73.4 cm³/mol. The van der Waals surface area contributed by atoms with Crippen LogP contribution >= 0.6 is 0 Å². The third kappa shape index (κ3) is 2.82. The van der Waals surface area contributed by atoms with Gasteiger partial charge in [0, 0.05) is 32.4 Å². The fourth-order valence-electron chi connectivity index (χ4n) is 2.12. The second-order valence-corrected chi connectivity index (χ2v) is 4.92. The smallest absolute Gasteiger partial charge is 0.242 e. The number of amides is 1. The van der Waals surface area contributed by atoms with Crippen LogP contribution in [-0.2, 0) is 11.3 Å². The largest absolute Gasteiger partial charge is 0.365 e. The van der Waals surface area contributed by atoms with Crippen LogP contribution in [0.15, 0.2) is 24.3 Å². The average Bonchev–Trinajstić information content (AvgIpc) is 3.21. The molecule has 2 N–H and O–H groups in total. The summed E-state index contributed by atoms with van der Waals surface area (Å²) in [5.74, 6) is 0.173. The molecule has 1 amide bonds. The lowest BCUT2D eigenvalue weighted by molar-refractivity contribution is -0.128. The zero-order valence-electron chi connectivity index (χ0n) is 11.1. The van der Waals surface area contributed by atoms with E-state index in [1.54, 1.807) is 0 Å². The second kappa shape index (κ2) is 5.40. The number of para-hydroxylation sites is 1. The summed E-state index contributed by atoms with van der Waals surface area (Å²) in [6, 6.07) is 8.42. The van der Waals surface area contributed by atoms with E-state index in [-0.39, 0.29) is 5.91 Å². The molecule has 1 fully saturated rings. The summed E-state index contributed by atoms with van der Waals surface area (Å²) in [5.41, 5.74) is 7.83. The molecule has 4 nitrogen and oxygen atoms in total. The summed E-state index contributed by atoms with van der Waals surface area (Å²) in [5, 5.41) is 0. The topological polar surface area (TPSA) is 49.6 Å². The summed E-state index contributed by atoms with van der Waals surface area (Å²) < 4.78 is 0. The minimum Gasteiger partial charge on any atom is -0.365 e. The van der Waals surface area contributed by atoms with Crippen LogP contribution in [0.4, 0.5) is 5.69 Å². The highest BCUT2D eigenvalue weighted by Gasteiger charge is 2.29. The van der Waals surface area contributed by atoms with Crippen molar-refractivity contribution in [2.75, 3.05) is 25.5 Å². The van der Waals surface area contributed by atoms with Crippen molar-refractivity contribution < 1.29 is 4.79 Å². The Morgan fingerprint density at radius 2 is 2.00 bits per heavy atom. The van der Waals surface area contributed by atoms with Gasteiger partial charge in [-0.15, -0.1) is 0 Å². The minimum atomic E-state index is 0.173. The molecule has 98 valence electrons. The van der Waals surface area contributed by atoms with Gasteiger partial charge in [-0.25, -0.2) is 0 Å². The van der Waals surface area contributed by atoms with E-state index in [2.05, 4.69) is 0 Å². The molecule has 0 aromatic heterocycles. The summed E-state index contributed by atoms with van der Waals surface area (Å²) in [6.45, 7) is 0.900. The van der Waals surface area contributed by atoms with Crippen LogP contribution < -0.4 is 10.6 Å². The lowest BCUT2D eigenvalue weighted by atomic mass is 10.1. The minimum absolute atomic E-state index is 0.173. The van der Waals surface area contributed by atoms with Crippen molar-refractivity contribution in [1.29, 1.82) is 0 Å². The van der Waals surface area contributed by atoms with Crippen LogP contribution in [0.5, 0.6) is 0 Å². The van der Waals surface area contributed by atoms with Crippen molar-refractivity contribution in [2.45, 2.75) is 25.4 Å². The first kappa shape index (κ1) is 12.9. The Bertz CT molecular complexity index is 429. The van der Waals surface area contributed by atoms with Gasteiger partial charge >= 0.3 is 0 Å². The summed E-state index contributed by atoms with van der Waals surface area (Å²) in [6.07, 6.45) is 2.29. The molecule has 0 bridgehead atoms. The van der Waals surface area contributed by atoms with Gasteiger partial charge in [-0.1, -0.05) is 18.2 Å². The molecule has 1 aliphatic carbocycles. The highest BCUT2D eigenvalue weighted by Crippen LogP contribution is 2.26. The van der Waals surface area contributed by atoms with E-state index in [4.69, 9.17) is 5.73 Å². The predicted octanol–water partition coefficient (Wildman–Crippen LogP) is 1.20. The highest BCUT2D eigenvalue weighted by atomic mass is 16.2. The maximum Gasteiger partial charge on any atom is 0.242 e. The van der Waals surface area contributed by atoms with Crippen LogP contribution in [0.2, 0.25) is 0 Å². The van der Waals surface area contributed by atoms with E-state index >= 15 is 0 Å². The lowest BCUT2D eigenvalue weighted by Crippen LogP contribution is -2.38. The Kier molecular flexibility index (Phi) is 3.87. The molecule has 1 aromatic carbocycles. The van der Waals surface area contributed by atoms with Gasteiger partial charge in [0.1, 0.15) is 0 Å². The van der Waals surface area contributed by atoms with Crippen LogP contribution in [0.25, 0.3) is 0 Å². The lowest BCUT2D eigenvalue weighted by Gasteiger charge is -2.24. The SMILES string of the molecule is CN(CC(=O)N(C)C1CC1)c1ccccc1CN. The summed E-state index contributed by atoms with van der Waals surface area (Å²) in [4.78, 5) is 15.9. The zero-order chi connectivity index (χ0) is 13.1. The van der Waals surface area contributed by atoms with E-state index in [0.717, 1.165) is 24.1 Å². The van der Waals surface area contributed by atoms with Crippen molar-refractivity contribution in [1.82, 2.24) is 4.90 Å². The number of anilines is 1. The molecule has 1 aliphatic rings. The number of carbonyl (C=O) groups excluding carboxylic acids is 1. The monoisotopic (exact) mass is 247 g/mol. The number of carbonyl (C=O) groups is 1. The molecule has 18 heavy (non-hydrogen) atoms. The number of benzene rings is 1. The van der Waals surface area contributed by atoms with Crippen LogP contribution in [-0.4, -0.2) is 37.5 Å². The van der Waals surface area contributed by atoms with E-state index in [1.165, 1.54) is 0 Å². The van der Waals surface area contributed by atoms with Crippen molar-refractivity contribution in [3.63, 3.8) is 0 Å². The Balaban J connectivity index is 2.02. The van der Waals surface area contributed by atoms with E-state index < -0.39 is 0 Å². The van der Waals surface area contributed by atoms with Crippen LogP contribution in [0.3, 0.4) is 0 Å². The molecule has 1 aromatic rings. The molecule has 0 spiro atoms. The molecule has 0 radical (unpaired) electrons. The van der Waals surface area contributed by atoms with Gasteiger partial charge in [0.2, 0.25) is 5.91 Å². The summed E-state index contributed by atoms with van der Waals surface area (Å²) >= 11 is 0. The molecule has 4 heteroatoms. The average molecular weight is 247 g/mol. The third-order valence-corrected chi connectivity index (χ3v) is 3.48. The normalized spacial score (nSPS) is 14.4. The molecule has 0 saturated heterocycles. The van der Waals surface area contributed by atoms with E-state index in [1.807, 2.05) is 48.2 Å². The Morgan fingerprint density at radius 3 is 2.61 bits per heavy atom. The van der Waals surface area contributed by atoms with Crippen LogP contribution in [0, 0.1) is 0 Å². The quantitative estimate of drug-likeness (QED) is 0.850. The van der Waals surface area contributed by atoms with Crippen molar-refractivity contribution >= 4 is 11.6 Å². The molecular formula is C14H21N3O. The summed E-state index contributed by atoms with van der Waals surface area (Å²) in [7, 11) is 3.83. The van der Waals surface area contributed by atoms with Gasteiger partial charge in [0.05, 0.1) is 6.54 Å². The highest BCUT2D eigenvalue weighted by molar-refractivity contribution is 5.82. The fourth-order valence-corrected chi connectivity index (χ4v) is 2.12. The van der Waals surface area contributed by atoms with Gasteiger partial charge in [0.15, 0.2) is 0 Å². The van der Waals surface area contributed by atoms with Crippen LogP contribution in [0.1, 0.15) is 18.4 Å². The van der Waals surface area contributed by atoms with Crippen molar-refractivity contribution in [3.8, 4) is 0 Å². The van der Waals surface area contributed by atoms with Gasteiger partial charge < -0.3 is 15.5 Å². The number of hydrogen-bond donors (Lipinski definition) is 1. The molecule has 2 rings (SSSR count). The Labute approximate surface area is 108 Å². The Morgan fingerprint density at radius 1 is 1.33 bits per heavy atom. The molecule has 0 heterocycles. The second-order valence-electron chi connectivity index (χ2n) is 4.92. The third-order valence-electron chi connectivity index (χ3n) is 3.48. The number of rotatable bonds is 5. The first-order valence-corrected chi connectivity index (χ1v) is 6.38. The molecule has 0 aliphatic heterocycles. The maximum absolute atomic E-state index is 12.1. The number of nitrogens with two attached hydrogens (primary N) is 1. The number of nitrogens with zero attached hydrogens (tertiary/aromatic N) is 2. The van der Waals surface area contributed by atoms with E-state index in [0.29, 0.717) is 19.1 Å². The molecular weight excluding hydrogens is 226 g/mol. The Hall–Kier alpha value is -1.55. The first-order chi connectivity index (χ1) is 8.63. The number of likely N-dealkylation sites (N-methyl/N-ethyl adjacent to an activating group) is 2. The van der Waals surface area contributed by atoms with Crippen molar-refractivity contribution in [3.05, 3.63) is 29.8 Å². The zero-order valence-corrected chi connectivity index (χ0v) is 11.1. The van der Waals surface area contributed by atoms with Gasteiger partial charge in [-0.05, 0) is 24.5 Å². The maximum atomic E-state index is 12.1. The first-order valence-electron chi connectivity index (χ1n) is 6.38. The molecule has 1 saturated carbocycles. The number of hydrogen-bond acceptors (Lipinski definition) is 3. The van der Waals surface area contributed by atoms with Gasteiger partial charge in [-0.3, -0.25) is 4.79 Å². The molecule has 0 atom stereocenters. The van der Waals surface area contributed by atoms with Gasteiger partial charge in [0.25, 0.3) is 0 Å².